The zero-order valence-electron chi connectivity index (χ0n) is 7.69. The lowest BCUT2D eigenvalue weighted by atomic mass is 10.3. The lowest BCUT2D eigenvalue weighted by molar-refractivity contribution is -0.145. The standard InChI is InChI=1S/C8H6F3N3O2/c9-8(10,11)7-13-3-4(12)5(14-7)1-2-6(15)16/h1-3H,12H2,(H,15,16)/b2-1+. The fraction of sp³-hybridized carbons (Fsp3) is 0.125. The van der Waals surface area contributed by atoms with E-state index >= 15 is 0 Å². The summed E-state index contributed by atoms with van der Waals surface area (Å²) in [6.45, 7) is 0. The van der Waals surface area contributed by atoms with Gasteiger partial charge in [0.2, 0.25) is 5.82 Å². The van der Waals surface area contributed by atoms with E-state index in [4.69, 9.17) is 10.8 Å². The molecular formula is C8H6F3N3O2. The van der Waals surface area contributed by atoms with Crippen LogP contribution in [-0.2, 0) is 11.0 Å². The molecular weight excluding hydrogens is 227 g/mol. The SMILES string of the molecule is Nc1cnc(C(F)(F)F)nc1/C=C/C(=O)O. The molecule has 1 rings (SSSR count). The zero-order chi connectivity index (χ0) is 12.3. The van der Waals surface area contributed by atoms with Crippen LogP contribution in [0.4, 0.5) is 18.9 Å². The highest BCUT2D eigenvalue weighted by atomic mass is 19.4. The van der Waals surface area contributed by atoms with Gasteiger partial charge in [0.05, 0.1) is 17.6 Å². The molecule has 8 heteroatoms. The van der Waals surface area contributed by atoms with Gasteiger partial charge >= 0.3 is 12.1 Å². The molecule has 0 bridgehead atoms. The van der Waals surface area contributed by atoms with Crippen LogP contribution in [0.2, 0.25) is 0 Å². The first-order chi connectivity index (χ1) is 7.30. The predicted molar refractivity (Wildman–Crippen MR) is 48.1 cm³/mol. The number of hydrogen-bond donors (Lipinski definition) is 2. The van der Waals surface area contributed by atoms with Crippen LogP contribution in [0, 0.1) is 0 Å². The number of halogens is 3. The van der Waals surface area contributed by atoms with E-state index in [2.05, 4.69) is 9.97 Å². The van der Waals surface area contributed by atoms with E-state index in [9.17, 15) is 18.0 Å². The van der Waals surface area contributed by atoms with Crippen molar-refractivity contribution in [2.75, 3.05) is 5.73 Å². The Labute approximate surface area is 87.4 Å². The molecule has 0 atom stereocenters. The van der Waals surface area contributed by atoms with Gasteiger partial charge in [-0.1, -0.05) is 0 Å². The summed E-state index contributed by atoms with van der Waals surface area (Å²) >= 11 is 0. The summed E-state index contributed by atoms with van der Waals surface area (Å²) in [5.41, 5.74) is 4.86. The number of anilines is 1. The van der Waals surface area contributed by atoms with Crippen molar-refractivity contribution in [2.45, 2.75) is 6.18 Å². The molecule has 1 aromatic rings. The fourth-order valence-electron chi connectivity index (χ4n) is 0.825. The van der Waals surface area contributed by atoms with Crippen LogP contribution in [-0.4, -0.2) is 21.0 Å². The van der Waals surface area contributed by atoms with Crippen LogP contribution in [0.15, 0.2) is 12.3 Å². The second-order valence-corrected chi connectivity index (χ2v) is 2.70. The van der Waals surface area contributed by atoms with Gasteiger partial charge in [-0.05, 0) is 6.08 Å². The molecule has 0 fully saturated rings. The first kappa shape index (κ1) is 12.0. The number of nitrogen functional groups attached to an aromatic ring is 1. The number of carboxylic acids is 1. The Kier molecular flexibility index (Phi) is 3.11. The highest BCUT2D eigenvalue weighted by Crippen LogP contribution is 2.26. The Morgan fingerprint density at radius 1 is 1.50 bits per heavy atom. The number of aromatic nitrogens is 2. The van der Waals surface area contributed by atoms with Crippen LogP contribution < -0.4 is 5.73 Å². The third kappa shape index (κ3) is 2.94. The molecule has 0 spiro atoms. The Morgan fingerprint density at radius 2 is 2.12 bits per heavy atom. The van der Waals surface area contributed by atoms with Gasteiger partial charge in [0.1, 0.15) is 0 Å². The summed E-state index contributed by atoms with van der Waals surface area (Å²) < 4.78 is 36.6. The molecule has 3 N–H and O–H groups in total. The maximum absolute atomic E-state index is 12.2. The van der Waals surface area contributed by atoms with Crippen molar-refractivity contribution in [3.05, 3.63) is 23.8 Å². The van der Waals surface area contributed by atoms with E-state index in [1.54, 1.807) is 0 Å². The highest BCUT2D eigenvalue weighted by Gasteiger charge is 2.34. The smallest absolute Gasteiger partial charge is 0.451 e. The Morgan fingerprint density at radius 3 is 2.62 bits per heavy atom. The van der Waals surface area contributed by atoms with Crippen LogP contribution in [0.1, 0.15) is 11.5 Å². The van der Waals surface area contributed by atoms with E-state index in [1.165, 1.54) is 0 Å². The number of carbonyl (C=O) groups is 1. The topological polar surface area (TPSA) is 89.1 Å². The van der Waals surface area contributed by atoms with Crippen LogP contribution >= 0.6 is 0 Å². The number of hydrogen-bond acceptors (Lipinski definition) is 4. The molecule has 0 aliphatic heterocycles. The van der Waals surface area contributed by atoms with E-state index in [1.807, 2.05) is 0 Å². The van der Waals surface area contributed by atoms with Gasteiger partial charge in [-0.15, -0.1) is 0 Å². The van der Waals surface area contributed by atoms with Crippen molar-refractivity contribution in [2.24, 2.45) is 0 Å². The molecule has 0 unspecified atom stereocenters. The summed E-state index contributed by atoms with van der Waals surface area (Å²) in [6, 6.07) is 0. The average Bonchev–Trinajstić information content (AvgIpc) is 2.14. The molecule has 1 aromatic heterocycles. The zero-order valence-corrected chi connectivity index (χ0v) is 7.69. The summed E-state index contributed by atoms with van der Waals surface area (Å²) in [5.74, 6) is -2.68. The number of aliphatic carboxylic acids is 1. The van der Waals surface area contributed by atoms with Crippen molar-refractivity contribution in [3.63, 3.8) is 0 Å². The summed E-state index contributed by atoms with van der Waals surface area (Å²) in [7, 11) is 0. The molecule has 86 valence electrons. The van der Waals surface area contributed by atoms with Crippen molar-refractivity contribution >= 4 is 17.7 Å². The van der Waals surface area contributed by atoms with Crippen LogP contribution in [0.25, 0.3) is 6.08 Å². The second-order valence-electron chi connectivity index (χ2n) is 2.70. The summed E-state index contributed by atoms with van der Waals surface area (Å²) in [5, 5.41) is 8.30. The molecule has 0 aromatic carbocycles. The number of alkyl halides is 3. The van der Waals surface area contributed by atoms with Gasteiger partial charge < -0.3 is 10.8 Å². The van der Waals surface area contributed by atoms with Gasteiger partial charge in [-0.25, -0.2) is 14.8 Å². The molecule has 5 nitrogen and oxygen atoms in total. The van der Waals surface area contributed by atoms with Crippen molar-refractivity contribution < 1.29 is 23.1 Å². The van der Waals surface area contributed by atoms with Crippen molar-refractivity contribution in [3.8, 4) is 0 Å². The van der Waals surface area contributed by atoms with Crippen LogP contribution in [0.3, 0.4) is 0 Å². The van der Waals surface area contributed by atoms with Gasteiger partial charge in [-0.3, -0.25) is 0 Å². The van der Waals surface area contributed by atoms with Crippen molar-refractivity contribution in [1.29, 1.82) is 0 Å². The molecule has 0 amide bonds. The number of nitrogens with two attached hydrogens (primary N) is 1. The maximum Gasteiger partial charge on any atom is 0.451 e. The largest absolute Gasteiger partial charge is 0.478 e. The molecule has 0 radical (unpaired) electrons. The first-order valence-corrected chi connectivity index (χ1v) is 3.91. The molecule has 1 heterocycles. The van der Waals surface area contributed by atoms with Crippen LogP contribution in [0.5, 0.6) is 0 Å². The lowest BCUT2D eigenvalue weighted by Gasteiger charge is -2.06. The lowest BCUT2D eigenvalue weighted by Crippen LogP contribution is -2.12. The number of rotatable bonds is 2. The van der Waals surface area contributed by atoms with Gasteiger partial charge in [0.25, 0.3) is 0 Å². The van der Waals surface area contributed by atoms with E-state index < -0.39 is 18.0 Å². The third-order valence-corrected chi connectivity index (χ3v) is 1.49. The molecule has 0 aliphatic rings. The van der Waals surface area contributed by atoms with Gasteiger partial charge in [-0.2, -0.15) is 13.2 Å². The monoisotopic (exact) mass is 233 g/mol. The second kappa shape index (κ2) is 4.17. The van der Waals surface area contributed by atoms with Gasteiger partial charge in [0.15, 0.2) is 0 Å². The highest BCUT2D eigenvalue weighted by molar-refractivity contribution is 5.85. The molecule has 0 saturated heterocycles. The Hall–Kier alpha value is -2.12. The van der Waals surface area contributed by atoms with Crippen molar-refractivity contribution in [1.82, 2.24) is 9.97 Å². The van der Waals surface area contributed by atoms with E-state index in [0.717, 1.165) is 12.3 Å². The molecule has 0 saturated carbocycles. The average molecular weight is 233 g/mol. The number of nitrogens with zero attached hydrogens (tertiary/aromatic N) is 2. The fourth-order valence-corrected chi connectivity index (χ4v) is 0.825. The minimum absolute atomic E-state index is 0.134. The minimum Gasteiger partial charge on any atom is -0.478 e. The Balaban J connectivity index is 3.14. The first-order valence-electron chi connectivity index (χ1n) is 3.91. The molecule has 16 heavy (non-hydrogen) atoms. The quantitative estimate of drug-likeness (QED) is 0.748. The Bertz CT molecular complexity index is 443. The number of carboxylic acid groups (broad SMARTS) is 1. The molecule has 0 aliphatic carbocycles. The normalized spacial score (nSPS) is 11.9. The van der Waals surface area contributed by atoms with E-state index in [0.29, 0.717) is 6.08 Å². The predicted octanol–water partition coefficient (Wildman–Crippen LogP) is 1.18. The summed E-state index contributed by atoms with van der Waals surface area (Å²) in [6.07, 6.45) is -2.41. The van der Waals surface area contributed by atoms with Gasteiger partial charge in [0, 0.05) is 6.08 Å². The third-order valence-electron chi connectivity index (χ3n) is 1.49. The maximum atomic E-state index is 12.2. The summed E-state index contributed by atoms with van der Waals surface area (Å²) in [4.78, 5) is 16.3. The van der Waals surface area contributed by atoms with E-state index in [-0.39, 0.29) is 11.4 Å². The minimum atomic E-state index is -4.69.